The lowest BCUT2D eigenvalue weighted by Gasteiger charge is -2.16. The third kappa shape index (κ3) is 3.18. The molecule has 7 heteroatoms. The average molecular weight is 288 g/mol. The van der Waals surface area contributed by atoms with Crippen LogP contribution in [0.15, 0.2) is 18.6 Å². The lowest BCUT2D eigenvalue weighted by atomic mass is 10.0. The molecule has 0 aliphatic carbocycles. The summed E-state index contributed by atoms with van der Waals surface area (Å²) in [5.41, 5.74) is 6.42. The second-order valence-corrected chi connectivity index (χ2v) is 5.05. The predicted octanol–water partition coefficient (Wildman–Crippen LogP) is 1.71. The zero-order valence-corrected chi connectivity index (χ0v) is 12.5. The fourth-order valence-corrected chi connectivity index (χ4v) is 2.06. The molecule has 3 N–H and O–H groups in total. The van der Waals surface area contributed by atoms with Gasteiger partial charge in [-0.3, -0.25) is 4.79 Å². The molecule has 2 aromatic rings. The number of carbonyl (C=O) groups excluding carboxylic acids is 1. The monoisotopic (exact) mass is 288 g/mol. The predicted molar refractivity (Wildman–Crippen MR) is 80.5 cm³/mol. The van der Waals surface area contributed by atoms with E-state index in [1.165, 1.54) is 6.33 Å². The number of nitrogens with zero attached hydrogens (tertiary/aromatic N) is 4. The van der Waals surface area contributed by atoms with Gasteiger partial charge >= 0.3 is 0 Å². The Kier molecular flexibility index (Phi) is 4.52. The van der Waals surface area contributed by atoms with Crippen LogP contribution >= 0.6 is 0 Å². The molecule has 112 valence electrons. The van der Waals surface area contributed by atoms with Gasteiger partial charge in [0.2, 0.25) is 0 Å². The van der Waals surface area contributed by atoms with Gasteiger partial charge in [0.25, 0.3) is 5.91 Å². The van der Waals surface area contributed by atoms with Crippen molar-refractivity contribution in [3.63, 3.8) is 0 Å². The summed E-state index contributed by atoms with van der Waals surface area (Å²) >= 11 is 0. The highest BCUT2D eigenvalue weighted by Gasteiger charge is 2.17. The Labute approximate surface area is 123 Å². The van der Waals surface area contributed by atoms with Gasteiger partial charge in [0, 0.05) is 18.3 Å². The first kappa shape index (κ1) is 15.0. The number of hydrogen-bond acceptors (Lipinski definition) is 5. The molecule has 2 aromatic heterocycles. The summed E-state index contributed by atoms with van der Waals surface area (Å²) in [6.45, 7) is 7.06. The molecule has 0 bridgehead atoms. The maximum atomic E-state index is 11.2. The molecule has 1 amide bonds. The van der Waals surface area contributed by atoms with Gasteiger partial charge in [0.1, 0.15) is 17.8 Å². The molecule has 0 unspecified atom stereocenters. The number of nitrogens with one attached hydrogen (secondary N) is 1. The summed E-state index contributed by atoms with van der Waals surface area (Å²) in [4.78, 5) is 19.8. The summed E-state index contributed by atoms with van der Waals surface area (Å²) < 4.78 is 1.56. The highest BCUT2D eigenvalue weighted by Crippen LogP contribution is 2.27. The van der Waals surface area contributed by atoms with Gasteiger partial charge in [-0.25, -0.2) is 14.6 Å². The van der Waals surface area contributed by atoms with E-state index in [0.717, 1.165) is 24.3 Å². The van der Waals surface area contributed by atoms with Crippen LogP contribution in [0.4, 0.5) is 5.82 Å². The van der Waals surface area contributed by atoms with Gasteiger partial charge in [0.15, 0.2) is 5.82 Å². The molecular formula is C14H20N6O. The normalized spacial score (nSPS) is 10.9. The minimum Gasteiger partial charge on any atom is -0.370 e. The molecule has 0 aromatic carbocycles. The smallest absolute Gasteiger partial charge is 0.269 e. The van der Waals surface area contributed by atoms with E-state index in [-0.39, 0.29) is 11.6 Å². The first-order valence-electron chi connectivity index (χ1n) is 6.99. The van der Waals surface area contributed by atoms with Gasteiger partial charge in [-0.05, 0) is 18.4 Å². The lowest BCUT2D eigenvalue weighted by Crippen LogP contribution is -2.14. The molecule has 0 radical (unpaired) electrons. The van der Waals surface area contributed by atoms with Crippen LogP contribution in [0.3, 0.4) is 0 Å². The van der Waals surface area contributed by atoms with Crippen LogP contribution in [0.2, 0.25) is 0 Å². The zero-order valence-electron chi connectivity index (χ0n) is 12.5. The van der Waals surface area contributed by atoms with Gasteiger partial charge in [-0.2, -0.15) is 5.10 Å². The second kappa shape index (κ2) is 6.34. The Morgan fingerprint density at radius 2 is 2.19 bits per heavy atom. The Balaban J connectivity index is 2.48. The van der Waals surface area contributed by atoms with E-state index in [0.29, 0.717) is 5.82 Å². The van der Waals surface area contributed by atoms with Crippen molar-refractivity contribution in [2.75, 3.05) is 11.9 Å². The van der Waals surface area contributed by atoms with E-state index in [4.69, 9.17) is 5.73 Å². The lowest BCUT2D eigenvalue weighted by molar-refractivity contribution is 0.0995. The average Bonchev–Trinajstić information content (AvgIpc) is 2.94. The maximum Gasteiger partial charge on any atom is 0.269 e. The fraction of sp³-hybridized carbons (Fsp3) is 0.429. The van der Waals surface area contributed by atoms with Gasteiger partial charge < -0.3 is 11.1 Å². The fourth-order valence-electron chi connectivity index (χ4n) is 2.06. The van der Waals surface area contributed by atoms with Crippen molar-refractivity contribution < 1.29 is 4.79 Å². The Bertz CT molecular complexity index is 634. The second-order valence-electron chi connectivity index (χ2n) is 5.05. The number of aromatic nitrogens is 4. The van der Waals surface area contributed by atoms with Crippen molar-refractivity contribution in [3.05, 3.63) is 29.8 Å². The minimum atomic E-state index is -0.557. The zero-order chi connectivity index (χ0) is 15.4. The molecule has 0 fully saturated rings. The van der Waals surface area contributed by atoms with Crippen LogP contribution in [-0.4, -0.2) is 32.2 Å². The summed E-state index contributed by atoms with van der Waals surface area (Å²) in [7, 11) is 0. The van der Waals surface area contributed by atoms with E-state index in [9.17, 15) is 4.79 Å². The van der Waals surface area contributed by atoms with Crippen LogP contribution in [0.5, 0.6) is 0 Å². The molecule has 2 heterocycles. The number of anilines is 1. The maximum absolute atomic E-state index is 11.2. The summed E-state index contributed by atoms with van der Waals surface area (Å²) in [6.07, 6.45) is 4.17. The summed E-state index contributed by atoms with van der Waals surface area (Å²) in [6, 6.07) is 1.58. The Morgan fingerprint density at radius 1 is 1.43 bits per heavy atom. The molecule has 0 saturated carbocycles. The molecule has 0 aliphatic rings. The third-order valence-corrected chi connectivity index (χ3v) is 3.04. The molecule has 21 heavy (non-hydrogen) atoms. The Hall–Kier alpha value is -2.44. The van der Waals surface area contributed by atoms with Crippen LogP contribution in [0, 0.1) is 0 Å². The van der Waals surface area contributed by atoms with Crippen molar-refractivity contribution in [2.24, 2.45) is 5.73 Å². The van der Waals surface area contributed by atoms with Crippen LogP contribution in [0.25, 0.3) is 5.82 Å². The van der Waals surface area contributed by atoms with Crippen LogP contribution in [0.1, 0.15) is 49.2 Å². The van der Waals surface area contributed by atoms with Crippen molar-refractivity contribution in [1.82, 2.24) is 19.7 Å². The van der Waals surface area contributed by atoms with Crippen LogP contribution in [-0.2, 0) is 0 Å². The first-order valence-corrected chi connectivity index (χ1v) is 6.99. The molecule has 7 nitrogen and oxygen atoms in total. The molecule has 0 saturated heterocycles. The molecule has 0 spiro atoms. The first-order chi connectivity index (χ1) is 10.0. The van der Waals surface area contributed by atoms with E-state index in [1.807, 2.05) is 0 Å². The van der Waals surface area contributed by atoms with Gasteiger partial charge in [0.05, 0.1) is 0 Å². The summed E-state index contributed by atoms with van der Waals surface area (Å²) in [5.74, 6) is 1.11. The minimum absolute atomic E-state index is 0.210. The van der Waals surface area contributed by atoms with E-state index in [2.05, 4.69) is 41.2 Å². The number of rotatable bonds is 6. The van der Waals surface area contributed by atoms with Crippen molar-refractivity contribution in [3.8, 4) is 5.82 Å². The Morgan fingerprint density at radius 3 is 2.76 bits per heavy atom. The summed E-state index contributed by atoms with van der Waals surface area (Å²) in [5, 5.41) is 7.47. The third-order valence-electron chi connectivity index (χ3n) is 3.04. The molecular weight excluding hydrogens is 268 g/mol. The number of amides is 1. The number of primary amides is 1. The quantitative estimate of drug-likeness (QED) is 0.843. The number of nitrogens with two attached hydrogens (primary N) is 1. The standard InChI is InChI=1S/C14H20N6O/c1-4-6-16-13-11(9(2)3)14(18-8-17-13)20-7-5-10(19-20)12(15)21/h5,7-9H,4,6H2,1-3H3,(H2,15,21)(H,16,17,18). The van der Waals surface area contributed by atoms with Crippen molar-refractivity contribution >= 4 is 11.7 Å². The topological polar surface area (TPSA) is 98.7 Å². The van der Waals surface area contributed by atoms with Crippen LogP contribution < -0.4 is 11.1 Å². The SMILES string of the molecule is CCCNc1ncnc(-n2ccc(C(N)=O)n2)c1C(C)C. The number of carbonyl (C=O) groups is 1. The molecule has 0 aliphatic heterocycles. The van der Waals surface area contributed by atoms with Crippen molar-refractivity contribution in [2.45, 2.75) is 33.1 Å². The highest BCUT2D eigenvalue weighted by molar-refractivity contribution is 5.90. The van der Waals surface area contributed by atoms with E-state index in [1.54, 1.807) is 16.9 Å². The molecule has 2 rings (SSSR count). The van der Waals surface area contributed by atoms with Gasteiger partial charge in [-0.15, -0.1) is 0 Å². The van der Waals surface area contributed by atoms with E-state index >= 15 is 0 Å². The largest absolute Gasteiger partial charge is 0.370 e. The highest BCUT2D eigenvalue weighted by atomic mass is 16.1. The van der Waals surface area contributed by atoms with E-state index < -0.39 is 5.91 Å². The van der Waals surface area contributed by atoms with Gasteiger partial charge in [-0.1, -0.05) is 20.8 Å². The number of hydrogen-bond donors (Lipinski definition) is 2. The van der Waals surface area contributed by atoms with Crippen molar-refractivity contribution in [1.29, 1.82) is 0 Å². The molecule has 0 atom stereocenters.